The molecule has 0 aliphatic carbocycles. The Kier molecular flexibility index (Phi) is 8.86. The van der Waals surface area contributed by atoms with E-state index < -0.39 is 17.5 Å². The summed E-state index contributed by atoms with van der Waals surface area (Å²) in [7, 11) is 0. The van der Waals surface area contributed by atoms with Gasteiger partial charge in [0.05, 0.1) is 31.7 Å². The fourth-order valence-corrected chi connectivity index (χ4v) is 6.66. The van der Waals surface area contributed by atoms with Gasteiger partial charge in [0.2, 0.25) is 0 Å². The third-order valence-electron chi connectivity index (χ3n) is 8.11. The van der Waals surface area contributed by atoms with Gasteiger partial charge in [-0.05, 0) is 0 Å². The monoisotopic (exact) mass is 520 g/mol. The number of hydrogen-bond acceptors (Lipinski definition) is 5. The van der Waals surface area contributed by atoms with E-state index >= 15 is 0 Å². The Hall–Kier alpha value is -2.12. The van der Waals surface area contributed by atoms with Crippen LogP contribution in [0.5, 0.6) is 0 Å². The zero-order valence-corrected chi connectivity index (χ0v) is 21.4. The number of quaternary nitrogens is 1. The van der Waals surface area contributed by atoms with Crippen molar-refractivity contribution in [3.8, 4) is 0 Å². The Labute approximate surface area is 219 Å². The minimum Gasteiger partial charge on any atom is -1.00 e. The summed E-state index contributed by atoms with van der Waals surface area (Å²) in [5, 5.41) is 0. The summed E-state index contributed by atoms with van der Waals surface area (Å²) in [4.78, 5) is 26.5. The maximum absolute atomic E-state index is 14.0. The fraction of sp³-hybridized carbons (Fsp3) is 0.481. The van der Waals surface area contributed by atoms with E-state index in [2.05, 4.69) is 0 Å². The highest BCUT2D eigenvalue weighted by molar-refractivity contribution is 5.89. The molecule has 3 aliphatic heterocycles. The average molecular weight is 521 g/mol. The smallest absolute Gasteiger partial charge is 0.360 e. The SMILES string of the molecule is Cl.NCC(=O)OC(C(=O)OC1CC2CCC(C1)[N+]21CCCC1)(c1ccccc1)c1ccccc1.[Cl-]. The van der Waals surface area contributed by atoms with Crippen LogP contribution < -0.4 is 18.1 Å². The van der Waals surface area contributed by atoms with Gasteiger partial charge >= 0.3 is 11.9 Å². The number of nitrogens with two attached hydrogens (primary N) is 1. The van der Waals surface area contributed by atoms with Crippen molar-refractivity contribution in [3.05, 3.63) is 71.8 Å². The van der Waals surface area contributed by atoms with E-state index in [0.717, 1.165) is 12.8 Å². The van der Waals surface area contributed by atoms with Gasteiger partial charge in [0.25, 0.3) is 5.60 Å². The van der Waals surface area contributed by atoms with Crippen molar-refractivity contribution in [3.63, 3.8) is 0 Å². The lowest BCUT2D eigenvalue weighted by molar-refractivity contribution is -0.956. The molecule has 5 rings (SSSR count). The van der Waals surface area contributed by atoms with Crippen LogP contribution >= 0.6 is 12.4 Å². The summed E-state index contributed by atoms with van der Waals surface area (Å²) in [5.74, 6) is -1.19. The molecule has 3 aliphatic rings. The van der Waals surface area contributed by atoms with Crippen LogP contribution in [0.4, 0.5) is 0 Å². The second-order valence-corrected chi connectivity index (χ2v) is 9.73. The zero-order valence-electron chi connectivity index (χ0n) is 19.8. The van der Waals surface area contributed by atoms with Crippen molar-refractivity contribution >= 4 is 24.3 Å². The third-order valence-corrected chi connectivity index (χ3v) is 8.11. The van der Waals surface area contributed by atoms with Crippen LogP contribution in [0.25, 0.3) is 0 Å². The van der Waals surface area contributed by atoms with Gasteiger partial charge in [-0.1, -0.05) is 60.7 Å². The lowest BCUT2D eigenvalue weighted by atomic mass is 9.85. The molecule has 1 spiro atoms. The normalized spacial score (nSPS) is 24.2. The molecule has 3 fully saturated rings. The lowest BCUT2D eigenvalue weighted by Gasteiger charge is -2.47. The second-order valence-electron chi connectivity index (χ2n) is 9.73. The third kappa shape index (κ3) is 4.82. The van der Waals surface area contributed by atoms with Crippen LogP contribution in [-0.4, -0.2) is 54.2 Å². The molecule has 3 heterocycles. The van der Waals surface area contributed by atoms with Gasteiger partial charge in [0.15, 0.2) is 0 Å². The predicted octanol–water partition coefficient (Wildman–Crippen LogP) is 0.705. The van der Waals surface area contributed by atoms with Crippen molar-refractivity contribution in [2.75, 3.05) is 19.6 Å². The Bertz CT molecular complexity index is 943. The first-order valence-electron chi connectivity index (χ1n) is 12.2. The summed E-state index contributed by atoms with van der Waals surface area (Å²) in [6.45, 7) is 2.21. The number of nitrogens with zero attached hydrogens (tertiary/aromatic N) is 1. The number of ether oxygens (including phenoxy) is 2. The zero-order chi connectivity index (χ0) is 22.9. The van der Waals surface area contributed by atoms with E-state index in [1.165, 1.54) is 43.3 Å². The Balaban J connectivity index is 0.00000171. The van der Waals surface area contributed by atoms with Gasteiger partial charge < -0.3 is 32.1 Å². The highest BCUT2D eigenvalue weighted by Gasteiger charge is 2.57. The molecule has 190 valence electrons. The van der Waals surface area contributed by atoms with Crippen LogP contribution in [-0.2, 0) is 24.7 Å². The molecule has 2 bridgehead atoms. The van der Waals surface area contributed by atoms with Gasteiger partial charge in [-0.15, -0.1) is 12.4 Å². The first kappa shape index (κ1) is 27.5. The van der Waals surface area contributed by atoms with Gasteiger partial charge in [-0.3, -0.25) is 4.79 Å². The maximum Gasteiger partial charge on any atom is 0.360 e. The number of carbonyl (C=O) groups is 2. The second kappa shape index (κ2) is 11.3. The quantitative estimate of drug-likeness (QED) is 0.448. The average Bonchev–Trinajstić information content (AvgIpc) is 3.40. The van der Waals surface area contributed by atoms with Crippen molar-refractivity contribution in [1.29, 1.82) is 0 Å². The molecule has 35 heavy (non-hydrogen) atoms. The van der Waals surface area contributed by atoms with E-state index in [9.17, 15) is 9.59 Å². The van der Waals surface area contributed by atoms with E-state index in [-0.39, 0.29) is 37.5 Å². The standard InChI is InChI=1S/C27H33N2O4.2ClH/c28-19-25(30)33-27(20-9-3-1-4-10-20,21-11-5-2-6-12-21)26(31)32-24-17-22-13-14-23(18-24)29(22)15-7-8-16-29;;/h1-6,9-12,22-24H,7-8,13-19,28H2;2*1H/q+1;;/p-1. The van der Waals surface area contributed by atoms with Crippen molar-refractivity contribution in [1.82, 2.24) is 0 Å². The van der Waals surface area contributed by atoms with Crippen LogP contribution in [0, 0.1) is 0 Å². The molecule has 0 amide bonds. The number of carbonyl (C=O) groups excluding carboxylic acids is 2. The summed E-state index contributed by atoms with van der Waals surface area (Å²) in [6.07, 6.45) is 6.63. The molecule has 8 heteroatoms. The molecule has 0 saturated carbocycles. The van der Waals surface area contributed by atoms with E-state index in [0.29, 0.717) is 23.2 Å². The summed E-state index contributed by atoms with van der Waals surface area (Å²) < 4.78 is 13.3. The molecule has 2 aromatic carbocycles. The first-order valence-corrected chi connectivity index (χ1v) is 12.2. The maximum atomic E-state index is 14.0. The molecule has 2 atom stereocenters. The highest BCUT2D eigenvalue weighted by atomic mass is 35.5. The largest absolute Gasteiger partial charge is 1.00 e. The Morgan fingerprint density at radius 2 is 1.37 bits per heavy atom. The number of hydrogen-bond donors (Lipinski definition) is 1. The number of esters is 2. The minimum absolute atomic E-state index is 0. The van der Waals surface area contributed by atoms with Crippen LogP contribution in [0.3, 0.4) is 0 Å². The predicted molar refractivity (Wildman–Crippen MR) is 131 cm³/mol. The molecule has 2 unspecified atom stereocenters. The molecule has 2 N–H and O–H groups in total. The van der Waals surface area contributed by atoms with E-state index in [4.69, 9.17) is 15.2 Å². The summed E-state index contributed by atoms with van der Waals surface area (Å²) in [5.41, 5.74) is 5.04. The van der Waals surface area contributed by atoms with Crippen molar-refractivity contribution < 1.29 is 36.0 Å². The molecule has 0 radical (unpaired) electrons. The number of piperidine rings is 1. The Morgan fingerprint density at radius 3 is 1.83 bits per heavy atom. The highest BCUT2D eigenvalue weighted by Crippen LogP contribution is 2.47. The molecule has 6 nitrogen and oxygen atoms in total. The van der Waals surface area contributed by atoms with Crippen LogP contribution in [0.2, 0.25) is 0 Å². The Morgan fingerprint density at radius 1 is 0.886 bits per heavy atom. The molecule has 3 saturated heterocycles. The van der Waals surface area contributed by atoms with Gasteiger partial charge in [0.1, 0.15) is 6.10 Å². The summed E-state index contributed by atoms with van der Waals surface area (Å²) >= 11 is 0. The number of benzene rings is 2. The van der Waals surface area contributed by atoms with Crippen LogP contribution in [0.15, 0.2) is 60.7 Å². The van der Waals surface area contributed by atoms with Crippen LogP contribution in [0.1, 0.15) is 49.7 Å². The van der Waals surface area contributed by atoms with Gasteiger partial charge in [-0.25, -0.2) is 4.79 Å². The molecular formula is C27H34Cl2N2O4. The van der Waals surface area contributed by atoms with Crippen molar-refractivity contribution in [2.45, 2.75) is 62.3 Å². The number of rotatable bonds is 6. The summed E-state index contributed by atoms with van der Waals surface area (Å²) in [6, 6.07) is 19.4. The fourth-order valence-electron chi connectivity index (χ4n) is 6.66. The lowest BCUT2D eigenvalue weighted by Crippen LogP contribution is -3.00. The van der Waals surface area contributed by atoms with E-state index in [1.807, 2.05) is 36.4 Å². The topological polar surface area (TPSA) is 78.6 Å². The van der Waals surface area contributed by atoms with Crippen molar-refractivity contribution in [2.24, 2.45) is 5.73 Å². The minimum atomic E-state index is -1.69. The van der Waals surface area contributed by atoms with Gasteiger partial charge in [0, 0.05) is 49.7 Å². The first-order chi connectivity index (χ1) is 16.1. The molecule has 2 aromatic rings. The van der Waals surface area contributed by atoms with Gasteiger partial charge in [-0.2, -0.15) is 0 Å². The number of halogens is 2. The molecule has 0 aromatic heterocycles. The van der Waals surface area contributed by atoms with E-state index in [1.54, 1.807) is 24.3 Å². The molecular weight excluding hydrogens is 487 g/mol.